The van der Waals surface area contributed by atoms with Gasteiger partial charge in [-0.05, 0) is 37.0 Å². The number of benzene rings is 1. The lowest BCUT2D eigenvalue weighted by molar-refractivity contribution is 0.0924. The molecule has 0 aliphatic heterocycles. The average Bonchev–Trinajstić information content (AvgIpc) is 2.27. The first-order valence-corrected chi connectivity index (χ1v) is 6.44. The largest absolute Gasteiger partial charge is 0.491 e. The Kier molecular flexibility index (Phi) is 6.38. The van der Waals surface area contributed by atoms with Crippen molar-refractivity contribution in [3.63, 3.8) is 0 Å². The van der Waals surface area contributed by atoms with Gasteiger partial charge in [0, 0.05) is 11.6 Å². The second kappa shape index (κ2) is 7.57. The fourth-order valence-electron chi connectivity index (χ4n) is 1.36. The topological polar surface area (TPSA) is 18.5 Å². The second-order valence-corrected chi connectivity index (χ2v) is 4.99. The highest BCUT2D eigenvalue weighted by Crippen LogP contribution is 2.22. The normalized spacial score (nSPS) is 10.9. The molecule has 17 heavy (non-hydrogen) atoms. The second-order valence-electron chi connectivity index (χ2n) is 4.55. The molecule has 1 aromatic carbocycles. The Morgan fingerprint density at radius 2 is 1.94 bits per heavy atom. The molecule has 0 aliphatic rings. The van der Waals surface area contributed by atoms with E-state index in [1.54, 1.807) is 0 Å². The highest BCUT2D eigenvalue weighted by molar-refractivity contribution is 6.30. The van der Waals surface area contributed by atoms with Gasteiger partial charge in [-0.2, -0.15) is 0 Å². The molecule has 0 atom stereocenters. The van der Waals surface area contributed by atoms with Gasteiger partial charge in [-0.15, -0.1) is 0 Å². The van der Waals surface area contributed by atoms with E-state index in [0.29, 0.717) is 24.2 Å². The maximum Gasteiger partial charge on any atom is 0.123 e. The van der Waals surface area contributed by atoms with Crippen molar-refractivity contribution in [2.24, 2.45) is 5.92 Å². The summed E-state index contributed by atoms with van der Waals surface area (Å²) < 4.78 is 11.1. The van der Waals surface area contributed by atoms with Gasteiger partial charge in [0.05, 0.1) is 6.61 Å². The molecule has 0 radical (unpaired) electrons. The number of rotatable bonds is 7. The number of ether oxygens (including phenoxy) is 2. The molecule has 0 unspecified atom stereocenters. The molecule has 0 N–H and O–H groups in total. The van der Waals surface area contributed by atoms with Crippen LogP contribution in [-0.2, 0) is 4.74 Å². The zero-order valence-electron chi connectivity index (χ0n) is 10.8. The van der Waals surface area contributed by atoms with Crippen molar-refractivity contribution >= 4 is 11.6 Å². The van der Waals surface area contributed by atoms with Gasteiger partial charge in [-0.3, -0.25) is 0 Å². The zero-order valence-corrected chi connectivity index (χ0v) is 11.6. The molecule has 0 aromatic heterocycles. The zero-order chi connectivity index (χ0) is 12.7. The van der Waals surface area contributed by atoms with Gasteiger partial charge >= 0.3 is 0 Å². The fourth-order valence-corrected chi connectivity index (χ4v) is 1.52. The van der Waals surface area contributed by atoms with Gasteiger partial charge in [-0.25, -0.2) is 0 Å². The van der Waals surface area contributed by atoms with Crippen LogP contribution in [0.25, 0.3) is 0 Å². The standard InChI is InChI=1S/C14H21ClO2/c1-11(2)6-7-16-8-9-17-14-10-13(15)5-4-12(14)3/h4-5,10-11H,6-9H2,1-3H3. The third-order valence-corrected chi connectivity index (χ3v) is 2.71. The first kappa shape index (κ1) is 14.3. The van der Waals surface area contributed by atoms with Crippen LogP contribution in [0.2, 0.25) is 5.02 Å². The van der Waals surface area contributed by atoms with Crippen LogP contribution in [0.1, 0.15) is 25.8 Å². The van der Waals surface area contributed by atoms with Crippen molar-refractivity contribution < 1.29 is 9.47 Å². The SMILES string of the molecule is Cc1ccc(Cl)cc1OCCOCCC(C)C. The van der Waals surface area contributed by atoms with Gasteiger partial charge in [0.25, 0.3) is 0 Å². The monoisotopic (exact) mass is 256 g/mol. The minimum absolute atomic E-state index is 0.569. The van der Waals surface area contributed by atoms with E-state index in [4.69, 9.17) is 21.1 Å². The Morgan fingerprint density at radius 3 is 2.65 bits per heavy atom. The first-order chi connectivity index (χ1) is 8.09. The van der Waals surface area contributed by atoms with Gasteiger partial charge in [0.15, 0.2) is 0 Å². The average molecular weight is 257 g/mol. The molecule has 0 amide bonds. The Balaban J connectivity index is 2.20. The molecular weight excluding hydrogens is 236 g/mol. The summed E-state index contributed by atoms with van der Waals surface area (Å²) in [7, 11) is 0. The van der Waals surface area contributed by atoms with Crippen LogP contribution in [0, 0.1) is 12.8 Å². The van der Waals surface area contributed by atoms with E-state index < -0.39 is 0 Å². The van der Waals surface area contributed by atoms with Gasteiger partial charge in [0.2, 0.25) is 0 Å². The predicted molar refractivity (Wildman–Crippen MR) is 72.0 cm³/mol. The van der Waals surface area contributed by atoms with Crippen LogP contribution >= 0.6 is 11.6 Å². The van der Waals surface area contributed by atoms with Crippen molar-refractivity contribution in [2.75, 3.05) is 19.8 Å². The molecule has 0 aliphatic carbocycles. The first-order valence-electron chi connectivity index (χ1n) is 6.06. The molecule has 0 bridgehead atoms. The molecule has 2 nitrogen and oxygen atoms in total. The molecule has 0 heterocycles. The predicted octanol–water partition coefficient (Wildman–Crippen LogP) is 4.09. The molecule has 0 saturated heterocycles. The van der Waals surface area contributed by atoms with E-state index in [1.807, 2.05) is 25.1 Å². The van der Waals surface area contributed by atoms with E-state index >= 15 is 0 Å². The lowest BCUT2D eigenvalue weighted by Crippen LogP contribution is -2.09. The number of hydrogen-bond acceptors (Lipinski definition) is 2. The van der Waals surface area contributed by atoms with E-state index in [-0.39, 0.29) is 0 Å². The summed E-state index contributed by atoms with van der Waals surface area (Å²) in [5.41, 5.74) is 1.09. The van der Waals surface area contributed by atoms with Crippen LogP contribution < -0.4 is 4.74 Å². The lowest BCUT2D eigenvalue weighted by Gasteiger charge is -2.10. The highest BCUT2D eigenvalue weighted by Gasteiger charge is 2.00. The Hall–Kier alpha value is -0.730. The van der Waals surface area contributed by atoms with Crippen molar-refractivity contribution in [2.45, 2.75) is 27.2 Å². The van der Waals surface area contributed by atoms with Crippen LogP contribution in [-0.4, -0.2) is 19.8 Å². The van der Waals surface area contributed by atoms with Crippen molar-refractivity contribution in [3.8, 4) is 5.75 Å². The molecule has 96 valence electrons. The Labute approximate surface area is 109 Å². The molecule has 1 aromatic rings. The van der Waals surface area contributed by atoms with Gasteiger partial charge < -0.3 is 9.47 Å². The van der Waals surface area contributed by atoms with Crippen molar-refractivity contribution in [1.29, 1.82) is 0 Å². The molecule has 0 fully saturated rings. The van der Waals surface area contributed by atoms with E-state index in [1.165, 1.54) is 0 Å². The number of halogens is 1. The van der Waals surface area contributed by atoms with Crippen LogP contribution in [0.3, 0.4) is 0 Å². The Morgan fingerprint density at radius 1 is 1.18 bits per heavy atom. The number of aryl methyl sites for hydroxylation is 1. The summed E-state index contributed by atoms with van der Waals surface area (Å²) in [6.07, 6.45) is 1.09. The summed E-state index contributed by atoms with van der Waals surface area (Å²) in [4.78, 5) is 0. The smallest absolute Gasteiger partial charge is 0.123 e. The third kappa shape index (κ3) is 5.94. The minimum atomic E-state index is 0.569. The summed E-state index contributed by atoms with van der Waals surface area (Å²) >= 11 is 5.90. The fraction of sp³-hybridized carbons (Fsp3) is 0.571. The maximum atomic E-state index is 5.90. The molecular formula is C14H21ClO2. The maximum absolute atomic E-state index is 5.90. The van der Waals surface area contributed by atoms with Gasteiger partial charge in [-0.1, -0.05) is 31.5 Å². The van der Waals surface area contributed by atoms with Crippen molar-refractivity contribution in [3.05, 3.63) is 28.8 Å². The molecule has 0 spiro atoms. The summed E-state index contributed by atoms with van der Waals surface area (Å²) in [5, 5.41) is 0.700. The van der Waals surface area contributed by atoms with Crippen LogP contribution in [0.4, 0.5) is 0 Å². The molecule has 1 rings (SSSR count). The van der Waals surface area contributed by atoms with E-state index in [9.17, 15) is 0 Å². The van der Waals surface area contributed by atoms with Gasteiger partial charge in [0.1, 0.15) is 12.4 Å². The number of hydrogen-bond donors (Lipinski definition) is 0. The minimum Gasteiger partial charge on any atom is -0.491 e. The molecule has 0 saturated carbocycles. The Bertz CT molecular complexity index is 337. The van der Waals surface area contributed by atoms with Crippen LogP contribution in [0.5, 0.6) is 5.75 Å². The summed E-state index contributed by atoms with van der Waals surface area (Å²) in [6.45, 7) is 8.38. The lowest BCUT2D eigenvalue weighted by atomic mass is 10.1. The van der Waals surface area contributed by atoms with Crippen molar-refractivity contribution in [1.82, 2.24) is 0 Å². The summed E-state index contributed by atoms with van der Waals surface area (Å²) in [5.74, 6) is 1.52. The van der Waals surface area contributed by atoms with E-state index in [2.05, 4.69) is 13.8 Å². The quantitative estimate of drug-likeness (QED) is 0.684. The summed E-state index contributed by atoms with van der Waals surface area (Å²) in [6, 6.07) is 5.66. The third-order valence-electron chi connectivity index (χ3n) is 2.47. The highest BCUT2D eigenvalue weighted by atomic mass is 35.5. The van der Waals surface area contributed by atoms with E-state index in [0.717, 1.165) is 24.3 Å². The molecule has 3 heteroatoms. The van der Waals surface area contributed by atoms with Crippen LogP contribution in [0.15, 0.2) is 18.2 Å².